The van der Waals surface area contributed by atoms with E-state index in [9.17, 15) is 4.79 Å². The lowest BCUT2D eigenvalue weighted by atomic mass is 9.90. The number of likely N-dealkylation sites (tertiary alicyclic amines) is 1. The number of nitrogens with two attached hydrogens (primary N) is 1. The van der Waals surface area contributed by atoms with E-state index >= 15 is 0 Å². The summed E-state index contributed by atoms with van der Waals surface area (Å²) in [5.74, 6) is 0.730. The number of carbonyl (C=O) groups is 1. The average molecular weight is 249 g/mol. The van der Waals surface area contributed by atoms with E-state index in [1.54, 1.807) is 6.92 Å². The highest BCUT2D eigenvalue weighted by molar-refractivity contribution is 5.76. The maximum Gasteiger partial charge on any atom is 0.223 e. The van der Waals surface area contributed by atoms with E-state index in [-0.39, 0.29) is 5.91 Å². The standard InChI is InChI=1S/C14H23N3O/c1-11(18)17-9-5-13-10-12(2-3-14(13)17)4-7-16-8-6-15/h2-3,13,16H,4-10,15H2,1H3. The van der Waals surface area contributed by atoms with E-state index in [1.165, 1.54) is 11.3 Å². The molecule has 0 saturated carbocycles. The Balaban J connectivity index is 1.89. The third-order valence-electron chi connectivity index (χ3n) is 3.75. The number of amides is 1. The van der Waals surface area contributed by atoms with E-state index in [1.807, 2.05) is 4.90 Å². The maximum atomic E-state index is 11.5. The van der Waals surface area contributed by atoms with Crippen molar-refractivity contribution < 1.29 is 4.79 Å². The quantitative estimate of drug-likeness (QED) is 0.715. The molecule has 2 rings (SSSR count). The van der Waals surface area contributed by atoms with E-state index in [0.29, 0.717) is 12.5 Å². The maximum absolute atomic E-state index is 11.5. The first-order valence-electron chi connectivity index (χ1n) is 6.81. The van der Waals surface area contributed by atoms with E-state index < -0.39 is 0 Å². The summed E-state index contributed by atoms with van der Waals surface area (Å²) < 4.78 is 0. The summed E-state index contributed by atoms with van der Waals surface area (Å²) in [6, 6.07) is 0. The van der Waals surface area contributed by atoms with Gasteiger partial charge in [0.05, 0.1) is 0 Å². The highest BCUT2D eigenvalue weighted by Gasteiger charge is 2.31. The summed E-state index contributed by atoms with van der Waals surface area (Å²) in [4.78, 5) is 13.4. The smallest absolute Gasteiger partial charge is 0.223 e. The minimum atomic E-state index is 0.171. The zero-order valence-corrected chi connectivity index (χ0v) is 11.1. The van der Waals surface area contributed by atoms with E-state index in [4.69, 9.17) is 5.73 Å². The van der Waals surface area contributed by atoms with Crippen LogP contribution in [0.15, 0.2) is 23.4 Å². The molecule has 1 aliphatic heterocycles. The van der Waals surface area contributed by atoms with Crippen LogP contribution in [0, 0.1) is 5.92 Å². The Morgan fingerprint density at radius 3 is 3.06 bits per heavy atom. The molecule has 0 aromatic rings. The van der Waals surface area contributed by atoms with Crippen LogP contribution in [-0.4, -0.2) is 37.0 Å². The molecule has 0 aromatic carbocycles. The summed E-state index contributed by atoms with van der Waals surface area (Å²) in [6.45, 7) is 5.11. The van der Waals surface area contributed by atoms with Gasteiger partial charge in [0.1, 0.15) is 0 Å². The highest BCUT2D eigenvalue weighted by atomic mass is 16.2. The third-order valence-corrected chi connectivity index (χ3v) is 3.75. The monoisotopic (exact) mass is 249 g/mol. The topological polar surface area (TPSA) is 58.4 Å². The number of nitrogens with one attached hydrogen (secondary N) is 1. The molecule has 4 heteroatoms. The van der Waals surface area contributed by atoms with Crippen molar-refractivity contribution in [2.75, 3.05) is 26.2 Å². The molecule has 1 atom stereocenters. The van der Waals surface area contributed by atoms with Gasteiger partial charge in [-0.1, -0.05) is 11.6 Å². The van der Waals surface area contributed by atoms with Crippen LogP contribution in [0.25, 0.3) is 0 Å². The number of nitrogens with zero attached hydrogens (tertiary/aromatic N) is 1. The first-order valence-corrected chi connectivity index (χ1v) is 6.81. The molecule has 1 aliphatic carbocycles. The Morgan fingerprint density at radius 1 is 1.50 bits per heavy atom. The molecule has 1 heterocycles. The molecule has 18 heavy (non-hydrogen) atoms. The summed E-state index contributed by atoms with van der Waals surface area (Å²) >= 11 is 0. The first-order chi connectivity index (χ1) is 8.72. The van der Waals surface area contributed by atoms with Crippen molar-refractivity contribution >= 4 is 5.91 Å². The molecule has 0 radical (unpaired) electrons. The van der Waals surface area contributed by atoms with Gasteiger partial charge in [0, 0.05) is 38.2 Å². The predicted octanol–water partition coefficient (Wildman–Crippen LogP) is 1.01. The molecule has 1 amide bonds. The Bertz CT molecular complexity index is 373. The van der Waals surface area contributed by atoms with Crippen LogP contribution in [-0.2, 0) is 4.79 Å². The lowest BCUT2D eigenvalue weighted by Gasteiger charge is -2.23. The zero-order valence-electron chi connectivity index (χ0n) is 11.1. The van der Waals surface area contributed by atoms with Gasteiger partial charge in [-0.2, -0.15) is 0 Å². The average Bonchev–Trinajstić information content (AvgIpc) is 2.77. The number of rotatable bonds is 5. The fourth-order valence-corrected chi connectivity index (χ4v) is 2.80. The van der Waals surface area contributed by atoms with Crippen LogP contribution in [0.2, 0.25) is 0 Å². The minimum Gasteiger partial charge on any atom is -0.329 e. The largest absolute Gasteiger partial charge is 0.329 e. The second-order valence-electron chi connectivity index (χ2n) is 5.07. The van der Waals surface area contributed by atoms with E-state index in [0.717, 1.165) is 38.9 Å². The summed E-state index contributed by atoms with van der Waals surface area (Å²) in [5.41, 5.74) is 8.15. The molecule has 3 N–H and O–H groups in total. The second kappa shape index (κ2) is 6.16. The van der Waals surface area contributed by atoms with Gasteiger partial charge < -0.3 is 16.0 Å². The van der Waals surface area contributed by atoms with Crippen LogP contribution < -0.4 is 11.1 Å². The summed E-state index contributed by atoms with van der Waals surface area (Å²) in [5, 5.41) is 3.32. The Kier molecular flexibility index (Phi) is 4.55. The van der Waals surface area contributed by atoms with Gasteiger partial charge >= 0.3 is 0 Å². The van der Waals surface area contributed by atoms with Crippen LogP contribution in [0.4, 0.5) is 0 Å². The van der Waals surface area contributed by atoms with Gasteiger partial charge in [0.25, 0.3) is 0 Å². The lowest BCUT2D eigenvalue weighted by molar-refractivity contribution is -0.126. The van der Waals surface area contributed by atoms with Crippen molar-refractivity contribution in [3.05, 3.63) is 23.4 Å². The SMILES string of the molecule is CC(=O)N1CCC2CC(CCNCCN)=CC=C21. The number of hydrogen-bond donors (Lipinski definition) is 2. The van der Waals surface area contributed by atoms with Crippen molar-refractivity contribution in [2.45, 2.75) is 26.2 Å². The molecule has 100 valence electrons. The molecular formula is C14H23N3O. The van der Waals surface area contributed by atoms with Crippen molar-refractivity contribution in [1.82, 2.24) is 10.2 Å². The van der Waals surface area contributed by atoms with Crippen LogP contribution in [0.3, 0.4) is 0 Å². The van der Waals surface area contributed by atoms with Crippen LogP contribution in [0.1, 0.15) is 26.2 Å². The molecular weight excluding hydrogens is 226 g/mol. The molecule has 0 aromatic heterocycles. The van der Waals surface area contributed by atoms with Gasteiger partial charge in [-0.3, -0.25) is 4.79 Å². The fraction of sp³-hybridized carbons (Fsp3) is 0.643. The van der Waals surface area contributed by atoms with Gasteiger partial charge in [-0.15, -0.1) is 0 Å². The molecule has 0 bridgehead atoms. The lowest BCUT2D eigenvalue weighted by Crippen LogP contribution is -2.25. The predicted molar refractivity (Wildman–Crippen MR) is 72.8 cm³/mol. The number of hydrogen-bond acceptors (Lipinski definition) is 3. The number of fused-ring (bicyclic) bond motifs is 1. The molecule has 2 aliphatic rings. The Labute approximate surface area is 109 Å². The van der Waals surface area contributed by atoms with Gasteiger partial charge in [-0.05, 0) is 31.9 Å². The van der Waals surface area contributed by atoms with Gasteiger partial charge in [0.2, 0.25) is 5.91 Å². The fourth-order valence-electron chi connectivity index (χ4n) is 2.80. The van der Waals surface area contributed by atoms with Crippen molar-refractivity contribution in [3.63, 3.8) is 0 Å². The van der Waals surface area contributed by atoms with Crippen LogP contribution in [0.5, 0.6) is 0 Å². The van der Waals surface area contributed by atoms with Crippen molar-refractivity contribution in [1.29, 1.82) is 0 Å². The Hall–Kier alpha value is -1.13. The third kappa shape index (κ3) is 3.00. The molecule has 1 unspecified atom stereocenters. The summed E-state index contributed by atoms with van der Waals surface area (Å²) in [6.07, 6.45) is 7.64. The highest BCUT2D eigenvalue weighted by Crippen LogP contribution is 2.36. The van der Waals surface area contributed by atoms with Crippen molar-refractivity contribution in [3.8, 4) is 0 Å². The number of carbonyl (C=O) groups excluding carboxylic acids is 1. The van der Waals surface area contributed by atoms with Crippen molar-refractivity contribution in [2.24, 2.45) is 11.7 Å². The van der Waals surface area contributed by atoms with E-state index in [2.05, 4.69) is 17.5 Å². The van der Waals surface area contributed by atoms with Gasteiger partial charge in [-0.25, -0.2) is 0 Å². The van der Waals surface area contributed by atoms with Crippen LogP contribution >= 0.6 is 0 Å². The normalized spacial score (nSPS) is 22.6. The molecule has 0 spiro atoms. The minimum absolute atomic E-state index is 0.171. The first kappa shape index (κ1) is 13.3. The number of allylic oxidation sites excluding steroid dienone is 3. The summed E-state index contributed by atoms with van der Waals surface area (Å²) in [7, 11) is 0. The molecule has 4 nitrogen and oxygen atoms in total. The molecule has 1 fully saturated rings. The zero-order chi connectivity index (χ0) is 13.0. The van der Waals surface area contributed by atoms with Gasteiger partial charge in [0.15, 0.2) is 0 Å². The second-order valence-corrected chi connectivity index (χ2v) is 5.07. The Morgan fingerprint density at radius 2 is 2.33 bits per heavy atom. The molecule has 1 saturated heterocycles.